The highest BCUT2D eigenvalue weighted by Crippen LogP contribution is 2.36. The Hall–Kier alpha value is -3.37. The molecule has 0 aromatic heterocycles. The predicted molar refractivity (Wildman–Crippen MR) is 111 cm³/mol. The Morgan fingerprint density at radius 2 is 1.64 bits per heavy atom. The minimum Gasteiger partial charge on any atom is -0.480 e. The first kappa shape index (κ1) is 22.8. The fourth-order valence-electron chi connectivity index (χ4n) is 4.03. The van der Waals surface area contributed by atoms with Crippen LogP contribution in [0.3, 0.4) is 0 Å². The normalized spacial score (nSPS) is 19.6. The third kappa shape index (κ3) is 4.57. The zero-order chi connectivity index (χ0) is 23.6. The molecule has 2 fully saturated rings. The Kier molecular flexibility index (Phi) is 6.13. The molecule has 2 heterocycles. The van der Waals surface area contributed by atoms with Crippen LogP contribution in [0.25, 0.3) is 0 Å². The molecule has 174 valence electrons. The molecule has 33 heavy (non-hydrogen) atoms. The van der Waals surface area contributed by atoms with Crippen LogP contribution < -0.4 is 5.32 Å². The summed E-state index contributed by atoms with van der Waals surface area (Å²) in [5.74, 6) is -6.82. The van der Waals surface area contributed by atoms with Gasteiger partial charge in [-0.05, 0) is 12.1 Å². The molecule has 0 saturated carbocycles. The second-order valence-electron chi connectivity index (χ2n) is 7.89. The molecule has 2 saturated heterocycles. The van der Waals surface area contributed by atoms with Crippen molar-refractivity contribution in [3.8, 4) is 0 Å². The molecule has 10 heteroatoms. The standard InChI is InChI=1S/C23H22F2N2O6/c24-23(25,16-4-2-1-3-5-16)17-8-6-15(7-9-17)20(29)26-13-19(28)27-14-22(32-10-11-33-22)12-18(27)21(30)31/h1-9,18H,10-14H2,(H,26,29)(H,30,31)/t18-/m0/s1. The summed E-state index contributed by atoms with van der Waals surface area (Å²) in [6.07, 6.45) is -0.000885. The molecule has 1 spiro atoms. The zero-order valence-corrected chi connectivity index (χ0v) is 17.5. The van der Waals surface area contributed by atoms with Crippen molar-refractivity contribution < 1.29 is 37.7 Å². The van der Waals surface area contributed by atoms with Crippen LogP contribution in [0.15, 0.2) is 54.6 Å². The maximum absolute atomic E-state index is 14.7. The second kappa shape index (κ2) is 8.87. The number of halogens is 2. The number of likely N-dealkylation sites (tertiary alicyclic amines) is 1. The van der Waals surface area contributed by atoms with Crippen LogP contribution in [-0.4, -0.2) is 65.9 Å². The minimum atomic E-state index is -3.23. The Morgan fingerprint density at radius 3 is 2.24 bits per heavy atom. The van der Waals surface area contributed by atoms with Crippen LogP contribution in [0, 0.1) is 0 Å². The van der Waals surface area contributed by atoms with Crippen LogP contribution in [-0.2, 0) is 25.0 Å². The van der Waals surface area contributed by atoms with Gasteiger partial charge >= 0.3 is 5.97 Å². The zero-order valence-electron chi connectivity index (χ0n) is 17.5. The third-order valence-electron chi connectivity index (χ3n) is 5.76. The molecular formula is C23H22F2N2O6. The summed E-state index contributed by atoms with van der Waals surface area (Å²) in [5, 5.41) is 11.9. The molecule has 0 radical (unpaired) electrons. The third-order valence-corrected chi connectivity index (χ3v) is 5.76. The van der Waals surface area contributed by atoms with Gasteiger partial charge in [0, 0.05) is 23.1 Å². The molecule has 2 aromatic rings. The number of alkyl halides is 2. The monoisotopic (exact) mass is 460 g/mol. The fraction of sp³-hybridized carbons (Fsp3) is 0.348. The largest absolute Gasteiger partial charge is 0.480 e. The van der Waals surface area contributed by atoms with Gasteiger partial charge < -0.3 is 24.8 Å². The van der Waals surface area contributed by atoms with Crippen molar-refractivity contribution in [2.75, 3.05) is 26.3 Å². The highest BCUT2D eigenvalue weighted by molar-refractivity contribution is 5.97. The van der Waals surface area contributed by atoms with E-state index in [2.05, 4.69) is 5.32 Å². The maximum atomic E-state index is 14.7. The van der Waals surface area contributed by atoms with Gasteiger partial charge in [-0.25, -0.2) is 4.79 Å². The van der Waals surface area contributed by atoms with E-state index >= 15 is 0 Å². The predicted octanol–water partition coefficient (Wildman–Crippen LogP) is 1.99. The van der Waals surface area contributed by atoms with Gasteiger partial charge in [-0.15, -0.1) is 0 Å². The van der Waals surface area contributed by atoms with Gasteiger partial charge in [-0.1, -0.05) is 42.5 Å². The molecular weight excluding hydrogens is 438 g/mol. The van der Waals surface area contributed by atoms with Crippen molar-refractivity contribution >= 4 is 17.8 Å². The van der Waals surface area contributed by atoms with E-state index in [9.17, 15) is 28.3 Å². The number of benzene rings is 2. The molecule has 2 aliphatic rings. The van der Waals surface area contributed by atoms with Gasteiger partial charge in [-0.2, -0.15) is 8.78 Å². The molecule has 8 nitrogen and oxygen atoms in total. The smallest absolute Gasteiger partial charge is 0.326 e. The quantitative estimate of drug-likeness (QED) is 0.683. The van der Waals surface area contributed by atoms with Gasteiger partial charge in [0.2, 0.25) is 5.91 Å². The Morgan fingerprint density at radius 1 is 1.03 bits per heavy atom. The molecule has 2 amide bonds. The van der Waals surface area contributed by atoms with Crippen molar-refractivity contribution in [2.45, 2.75) is 24.2 Å². The first-order valence-corrected chi connectivity index (χ1v) is 10.3. The van der Waals surface area contributed by atoms with Crippen LogP contribution in [0.1, 0.15) is 27.9 Å². The highest BCUT2D eigenvalue weighted by Gasteiger charge is 2.52. The lowest BCUT2D eigenvalue weighted by atomic mass is 9.99. The van der Waals surface area contributed by atoms with Crippen LogP contribution in [0.2, 0.25) is 0 Å². The van der Waals surface area contributed by atoms with Gasteiger partial charge in [0.05, 0.1) is 26.3 Å². The number of carboxylic acids is 1. The van der Waals surface area contributed by atoms with E-state index in [1.54, 1.807) is 6.07 Å². The number of carbonyl (C=O) groups is 3. The van der Waals surface area contributed by atoms with Crippen LogP contribution in [0.5, 0.6) is 0 Å². The summed E-state index contributed by atoms with van der Waals surface area (Å²) >= 11 is 0. The number of aliphatic carboxylic acids is 1. The Bertz CT molecular complexity index is 1040. The second-order valence-corrected chi connectivity index (χ2v) is 7.89. The maximum Gasteiger partial charge on any atom is 0.326 e. The van der Waals surface area contributed by atoms with E-state index in [1.807, 2.05) is 0 Å². The van der Waals surface area contributed by atoms with Crippen molar-refractivity contribution in [2.24, 2.45) is 0 Å². The lowest BCUT2D eigenvalue weighted by Crippen LogP contribution is -2.46. The van der Waals surface area contributed by atoms with Crippen molar-refractivity contribution in [1.82, 2.24) is 10.2 Å². The van der Waals surface area contributed by atoms with Gasteiger partial charge in [-0.3, -0.25) is 9.59 Å². The summed E-state index contributed by atoms with van der Waals surface area (Å²) in [4.78, 5) is 37.7. The van der Waals surface area contributed by atoms with Crippen molar-refractivity contribution in [3.63, 3.8) is 0 Å². The summed E-state index contributed by atoms with van der Waals surface area (Å²) in [5.41, 5.74) is -0.352. The average Bonchev–Trinajstić information content (AvgIpc) is 3.45. The van der Waals surface area contributed by atoms with E-state index in [0.717, 1.165) is 17.0 Å². The van der Waals surface area contributed by atoms with Crippen molar-refractivity contribution in [3.05, 3.63) is 71.3 Å². The lowest BCUT2D eigenvalue weighted by Gasteiger charge is -2.23. The molecule has 0 aliphatic carbocycles. The average molecular weight is 460 g/mol. The number of hydrogen-bond acceptors (Lipinski definition) is 5. The molecule has 4 rings (SSSR count). The van der Waals surface area contributed by atoms with Crippen LogP contribution in [0.4, 0.5) is 8.78 Å². The number of rotatable bonds is 6. The molecule has 0 bridgehead atoms. The lowest BCUT2D eigenvalue weighted by molar-refractivity contribution is -0.152. The summed E-state index contributed by atoms with van der Waals surface area (Å²) in [6, 6.07) is 11.0. The SMILES string of the molecule is O=C(NCC(=O)N1CC2(C[C@H]1C(=O)O)OCCO2)c1ccc(C(F)(F)c2ccccc2)cc1. The van der Waals surface area contributed by atoms with E-state index in [4.69, 9.17) is 9.47 Å². The van der Waals surface area contributed by atoms with E-state index < -0.39 is 42.1 Å². The molecule has 2 aromatic carbocycles. The molecule has 2 aliphatic heterocycles. The van der Waals surface area contributed by atoms with Gasteiger partial charge in [0.15, 0.2) is 5.79 Å². The minimum absolute atomic E-state index is 0.000885. The number of ether oxygens (including phenoxy) is 2. The number of hydrogen-bond donors (Lipinski definition) is 2. The Labute approximate surface area is 188 Å². The summed E-state index contributed by atoms with van der Waals surface area (Å²) in [7, 11) is 0. The van der Waals surface area contributed by atoms with Gasteiger partial charge in [0.25, 0.3) is 11.8 Å². The van der Waals surface area contributed by atoms with E-state index in [0.29, 0.717) is 13.2 Å². The van der Waals surface area contributed by atoms with E-state index in [1.165, 1.54) is 36.4 Å². The molecule has 0 unspecified atom stereocenters. The first-order valence-electron chi connectivity index (χ1n) is 10.3. The first-order chi connectivity index (χ1) is 15.7. The van der Waals surface area contributed by atoms with E-state index in [-0.39, 0.29) is 29.7 Å². The fourth-order valence-corrected chi connectivity index (χ4v) is 4.03. The number of nitrogens with one attached hydrogen (secondary N) is 1. The highest BCUT2D eigenvalue weighted by atomic mass is 19.3. The summed E-state index contributed by atoms with van der Waals surface area (Å²) in [6.45, 7) is 0.109. The topological polar surface area (TPSA) is 105 Å². The number of carbonyl (C=O) groups excluding carboxylic acids is 2. The number of nitrogens with zero attached hydrogens (tertiary/aromatic N) is 1. The number of amides is 2. The Balaban J connectivity index is 1.38. The molecule has 1 atom stereocenters. The van der Waals surface area contributed by atoms with Crippen molar-refractivity contribution in [1.29, 1.82) is 0 Å². The molecule has 2 N–H and O–H groups in total. The number of carboxylic acid groups (broad SMARTS) is 1. The van der Waals surface area contributed by atoms with Gasteiger partial charge in [0.1, 0.15) is 6.04 Å². The van der Waals surface area contributed by atoms with Crippen LogP contribution >= 0.6 is 0 Å². The summed E-state index contributed by atoms with van der Waals surface area (Å²) < 4.78 is 40.3.